The van der Waals surface area contributed by atoms with Gasteiger partial charge in [-0.2, -0.15) is 13.2 Å². The van der Waals surface area contributed by atoms with Gasteiger partial charge in [-0.25, -0.2) is 4.39 Å². The molecule has 0 aliphatic rings. The van der Waals surface area contributed by atoms with E-state index in [9.17, 15) is 17.6 Å². The summed E-state index contributed by atoms with van der Waals surface area (Å²) in [5, 5.41) is 0. The van der Waals surface area contributed by atoms with Crippen molar-refractivity contribution in [1.29, 1.82) is 0 Å². The van der Waals surface area contributed by atoms with Gasteiger partial charge >= 0.3 is 6.18 Å². The topological polar surface area (TPSA) is 9.23 Å². The summed E-state index contributed by atoms with van der Waals surface area (Å²) < 4.78 is 52.8. The average Bonchev–Trinajstić information content (AvgIpc) is 3.13. The Morgan fingerprint density at radius 2 is 0.808 bits per heavy atom. The Kier molecular flexibility index (Phi) is 21.5. The summed E-state index contributed by atoms with van der Waals surface area (Å²) in [5.74, 6) is 0.746. The van der Waals surface area contributed by atoms with E-state index in [1.165, 1.54) is 57.6 Å². The predicted molar refractivity (Wildman–Crippen MR) is 213 cm³/mol. The molecule has 0 aliphatic carbocycles. The Morgan fingerprint density at radius 3 is 1.12 bits per heavy atom. The first-order valence-corrected chi connectivity index (χ1v) is 17.2. The molecule has 6 aromatic rings. The van der Waals surface area contributed by atoms with E-state index in [1.54, 1.807) is 26.2 Å². The van der Waals surface area contributed by atoms with Gasteiger partial charge in [0.25, 0.3) is 0 Å². The number of hydrogen-bond acceptors (Lipinski definition) is 1. The maximum atomic E-state index is 12.1. The number of hydrogen-bond donors (Lipinski definition) is 0. The molecule has 0 atom stereocenters. The highest BCUT2D eigenvalue weighted by molar-refractivity contribution is 5.26. The molecule has 0 N–H and O–H groups in total. The molecular weight excluding hydrogens is 657 g/mol. The van der Waals surface area contributed by atoms with Crippen LogP contribution in [-0.2, 0) is 12.6 Å². The van der Waals surface area contributed by atoms with Gasteiger partial charge in [-0.15, -0.1) is 0 Å². The first kappa shape index (κ1) is 44.9. The lowest BCUT2D eigenvalue weighted by atomic mass is 10.1. The molecule has 0 unspecified atom stereocenters. The molecule has 0 aliphatic heterocycles. The molecule has 0 fully saturated rings. The van der Waals surface area contributed by atoms with E-state index in [-0.39, 0.29) is 5.82 Å². The van der Waals surface area contributed by atoms with Crippen LogP contribution in [0.4, 0.5) is 17.6 Å². The van der Waals surface area contributed by atoms with Crippen molar-refractivity contribution in [2.24, 2.45) is 0 Å². The van der Waals surface area contributed by atoms with Crippen molar-refractivity contribution in [1.82, 2.24) is 0 Å². The summed E-state index contributed by atoms with van der Waals surface area (Å²) in [5.41, 5.74) is 9.35. The van der Waals surface area contributed by atoms with Gasteiger partial charge in [0.05, 0.1) is 12.7 Å². The zero-order valence-electron chi connectivity index (χ0n) is 32.1. The smallest absolute Gasteiger partial charge is 0.416 e. The molecular formula is C47H54F4O. The second-order valence-corrected chi connectivity index (χ2v) is 12.3. The monoisotopic (exact) mass is 710 g/mol. The number of alkyl halides is 3. The molecule has 52 heavy (non-hydrogen) atoms. The van der Waals surface area contributed by atoms with Gasteiger partial charge in [0.2, 0.25) is 0 Å². The third kappa shape index (κ3) is 21.8. The van der Waals surface area contributed by atoms with Crippen molar-refractivity contribution in [3.8, 4) is 5.75 Å². The SMILES string of the molecule is CCc1cccc(C)c1.COc1ccc(C)cc1.Cc1ccc(C(F)(F)F)cc1.Cc1ccc(C)cc1.Cc1ccc(F)cc1.Cc1ccccc1. The minimum absolute atomic E-state index is 0.171. The van der Waals surface area contributed by atoms with E-state index < -0.39 is 11.7 Å². The van der Waals surface area contributed by atoms with Gasteiger partial charge in [0.15, 0.2) is 0 Å². The molecule has 276 valence electrons. The molecule has 6 aromatic carbocycles. The van der Waals surface area contributed by atoms with Gasteiger partial charge in [-0.05, 0) is 96.8 Å². The molecule has 0 spiro atoms. The number of halogens is 4. The van der Waals surface area contributed by atoms with E-state index >= 15 is 0 Å². The van der Waals surface area contributed by atoms with Crippen molar-refractivity contribution in [3.05, 3.63) is 208 Å². The molecule has 0 saturated heterocycles. The Morgan fingerprint density at radius 1 is 0.442 bits per heavy atom. The van der Waals surface area contributed by atoms with Gasteiger partial charge < -0.3 is 4.74 Å². The first-order chi connectivity index (χ1) is 24.6. The Balaban J connectivity index is 0.000000314. The third-order valence-corrected chi connectivity index (χ3v) is 7.30. The summed E-state index contributed by atoms with van der Waals surface area (Å²) in [7, 11) is 1.67. The fourth-order valence-electron chi connectivity index (χ4n) is 4.05. The largest absolute Gasteiger partial charge is 0.497 e. The second-order valence-electron chi connectivity index (χ2n) is 12.3. The first-order valence-electron chi connectivity index (χ1n) is 17.2. The van der Waals surface area contributed by atoms with Gasteiger partial charge in [-0.1, -0.05) is 161 Å². The van der Waals surface area contributed by atoms with Crippen LogP contribution in [0.5, 0.6) is 5.75 Å². The zero-order valence-corrected chi connectivity index (χ0v) is 32.1. The Bertz CT molecular complexity index is 1670. The summed E-state index contributed by atoms with van der Waals surface area (Å²) in [4.78, 5) is 0. The quantitative estimate of drug-likeness (QED) is 0.163. The van der Waals surface area contributed by atoms with Crippen LogP contribution in [0.25, 0.3) is 0 Å². The minimum atomic E-state index is -4.21. The van der Waals surface area contributed by atoms with Crippen molar-refractivity contribution >= 4 is 0 Å². The van der Waals surface area contributed by atoms with E-state index in [1.807, 2.05) is 49.4 Å². The lowest BCUT2D eigenvalue weighted by Crippen LogP contribution is -2.03. The lowest BCUT2D eigenvalue weighted by Gasteiger charge is -2.05. The fourth-order valence-corrected chi connectivity index (χ4v) is 4.05. The van der Waals surface area contributed by atoms with Crippen LogP contribution < -0.4 is 4.74 Å². The Hall–Kier alpha value is -5.16. The summed E-state index contributed by atoms with van der Waals surface area (Å²) in [6.07, 6.45) is -3.07. The van der Waals surface area contributed by atoms with Crippen LogP contribution in [0.1, 0.15) is 57.0 Å². The molecule has 0 saturated carbocycles. The van der Waals surface area contributed by atoms with Crippen molar-refractivity contribution in [2.45, 2.75) is 68.0 Å². The van der Waals surface area contributed by atoms with E-state index in [4.69, 9.17) is 4.74 Å². The highest BCUT2D eigenvalue weighted by Gasteiger charge is 2.29. The number of benzene rings is 6. The van der Waals surface area contributed by atoms with Gasteiger partial charge in [-0.3, -0.25) is 0 Å². The second kappa shape index (κ2) is 24.9. The molecule has 6 rings (SSSR count). The number of ether oxygens (including phenoxy) is 1. The summed E-state index contributed by atoms with van der Waals surface area (Å²) in [6.45, 7) is 16.3. The van der Waals surface area contributed by atoms with Crippen LogP contribution >= 0.6 is 0 Å². The molecule has 0 heterocycles. The normalized spacial score (nSPS) is 9.71. The highest BCUT2D eigenvalue weighted by atomic mass is 19.4. The van der Waals surface area contributed by atoms with E-state index in [2.05, 4.69) is 102 Å². The number of aryl methyl sites for hydroxylation is 8. The molecule has 0 amide bonds. The minimum Gasteiger partial charge on any atom is -0.497 e. The third-order valence-electron chi connectivity index (χ3n) is 7.30. The van der Waals surface area contributed by atoms with Gasteiger partial charge in [0.1, 0.15) is 11.6 Å². The molecule has 5 heteroatoms. The molecule has 0 bridgehead atoms. The van der Waals surface area contributed by atoms with Crippen molar-refractivity contribution in [3.63, 3.8) is 0 Å². The van der Waals surface area contributed by atoms with Crippen LogP contribution in [-0.4, -0.2) is 7.11 Å². The standard InChI is InChI=1S/C9H12.C8H7F3.C8H10O.C8H10.C7H7F.C7H8/c1-3-9-6-4-5-8(2)7-9;1-6-2-4-7(5-3-6)8(9,10)11;1-7-3-5-8(9-2)6-4-7;1-7-3-5-8(2)6-4-7;1-6-2-4-7(8)5-3-6;1-7-5-3-2-4-6-7/h4-7H,3H2,1-2H3;2-5H,1H3;3-6H,1-2H3;3-6H,1-2H3;2-5H,1H3;2-6H,1H3. The Labute approximate surface area is 310 Å². The van der Waals surface area contributed by atoms with E-state index in [0.717, 1.165) is 35.4 Å². The number of rotatable bonds is 2. The van der Waals surface area contributed by atoms with Crippen LogP contribution in [0, 0.1) is 54.3 Å². The number of methoxy groups -OCH3 is 1. The van der Waals surface area contributed by atoms with Crippen molar-refractivity contribution in [2.75, 3.05) is 7.11 Å². The van der Waals surface area contributed by atoms with Crippen LogP contribution in [0.15, 0.2) is 152 Å². The summed E-state index contributed by atoms with van der Waals surface area (Å²) in [6, 6.07) is 46.8. The zero-order chi connectivity index (χ0) is 38.9. The van der Waals surface area contributed by atoms with Crippen LogP contribution in [0.2, 0.25) is 0 Å². The molecule has 0 aromatic heterocycles. The fraction of sp³-hybridized carbons (Fsp3) is 0.234. The molecule has 0 radical (unpaired) electrons. The molecule has 1 nitrogen and oxygen atoms in total. The lowest BCUT2D eigenvalue weighted by molar-refractivity contribution is -0.137. The van der Waals surface area contributed by atoms with Crippen LogP contribution in [0.3, 0.4) is 0 Å². The van der Waals surface area contributed by atoms with Gasteiger partial charge in [0, 0.05) is 0 Å². The van der Waals surface area contributed by atoms with E-state index in [0.29, 0.717) is 0 Å². The average molecular weight is 711 g/mol. The highest BCUT2D eigenvalue weighted by Crippen LogP contribution is 2.28. The maximum Gasteiger partial charge on any atom is 0.416 e. The maximum absolute atomic E-state index is 12.1. The van der Waals surface area contributed by atoms with Crippen molar-refractivity contribution < 1.29 is 22.3 Å². The summed E-state index contributed by atoms with van der Waals surface area (Å²) >= 11 is 0. The predicted octanol–water partition coefficient (Wildman–Crippen LogP) is 14.0.